The number of rotatable bonds is 2. The number of fused-ring (bicyclic) bond motifs is 2. The largest absolute Gasteiger partial charge is 0.508 e. The Bertz CT molecular complexity index is 581. The highest BCUT2D eigenvalue weighted by molar-refractivity contribution is 5.47. The number of hydrogen-bond donors (Lipinski definition) is 1. The fourth-order valence-electron chi connectivity index (χ4n) is 4.61. The Morgan fingerprint density at radius 3 is 2.55 bits per heavy atom. The summed E-state index contributed by atoms with van der Waals surface area (Å²) >= 11 is 0. The van der Waals surface area contributed by atoms with E-state index in [0.29, 0.717) is 5.92 Å². The molecule has 2 saturated carbocycles. The molecule has 0 spiro atoms. The normalized spacial score (nSPS) is 34.4. The lowest BCUT2D eigenvalue weighted by Crippen LogP contribution is -2.31. The van der Waals surface area contributed by atoms with E-state index in [4.69, 9.17) is 0 Å². The van der Waals surface area contributed by atoms with E-state index in [1.807, 2.05) is 0 Å². The molecule has 0 amide bonds. The molecule has 0 aliphatic heterocycles. The number of benzene rings is 1. The number of phenols is 1. The lowest BCUT2D eigenvalue weighted by molar-refractivity contribution is -0.385. The molecule has 0 aromatic heterocycles. The molecule has 3 rings (SSSR count). The lowest BCUT2D eigenvalue weighted by atomic mass is 9.65. The van der Waals surface area contributed by atoms with Gasteiger partial charge in [0.15, 0.2) is 0 Å². The van der Waals surface area contributed by atoms with E-state index in [9.17, 15) is 15.2 Å². The molecule has 2 aliphatic carbocycles. The van der Waals surface area contributed by atoms with Gasteiger partial charge in [-0.3, -0.25) is 10.1 Å². The van der Waals surface area contributed by atoms with Crippen LogP contribution in [0.15, 0.2) is 18.2 Å². The van der Waals surface area contributed by atoms with E-state index in [2.05, 4.69) is 20.8 Å². The number of nitrogens with zero attached hydrogens (tertiary/aromatic N) is 1. The zero-order valence-corrected chi connectivity index (χ0v) is 12.2. The first-order valence-electron chi connectivity index (χ1n) is 7.24. The van der Waals surface area contributed by atoms with Crippen LogP contribution in [0.2, 0.25) is 0 Å². The topological polar surface area (TPSA) is 63.4 Å². The predicted octanol–water partition coefficient (Wildman–Crippen LogP) is 4.23. The molecule has 2 fully saturated rings. The van der Waals surface area contributed by atoms with Crippen LogP contribution in [0.25, 0.3) is 0 Å². The van der Waals surface area contributed by atoms with Crippen molar-refractivity contribution in [3.63, 3.8) is 0 Å². The summed E-state index contributed by atoms with van der Waals surface area (Å²) in [6, 6.07) is 4.41. The Morgan fingerprint density at radius 2 is 2.05 bits per heavy atom. The molecule has 1 N–H and O–H groups in total. The smallest absolute Gasteiger partial charge is 0.269 e. The van der Waals surface area contributed by atoms with Gasteiger partial charge in [0.1, 0.15) is 5.75 Å². The summed E-state index contributed by atoms with van der Waals surface area (Å²) < 4.78 is 0. The van der Waals surface area contributed by atoms with Crippen molar-refractivity contribution in [1.29, 1.82) is 0 Å². The first-order chi connectivity index (χ1) is 9.27. The van der Waals surface area contributed by atoms with Crippen molar-refractivity contribution < 1.29 is 10.0 Å². The Hall–Kier alpha value is -1.58. The van der Waals surface area contributed by atoms with Crippen molar-refractivity contribution >= 4 is 5.69 Å². The van der Waals surface area contributed by atoms with Crippen LogP contribution in [0.1, 0.15) is 51.5 Å². The van der Waals surface area contributed by atoms with Crippen LogP contribution in [-0.2, 0) is 0 Å². The predicted molar refractivity (Wildman–Crippen MR) is 76.7 cm³/mol. The summed E-state index contributed by atoms with van der Waals surface area (Å²) in [6.07, 6.45) is 3.39. The molecular formula is C16H21NO3. The van der Waals surface area contributed by atoms with Gasteiger partial charge in [-0.05, 0) is 48.0 Å². The molecule has 20 heavy (non-hydrogen) atoms. The summed E-state index contributed by atoms with van der Waals surface area (Å²) in [5.74, 6) is 1.07. The molecule has 0 heterocycles. The standard InChI is InChI=1S/C16H21NO3/c1-15(2)10-6-7-16(15,3)13(8-10)12-9-11(17(19)20)4-5-14(12)18/h4-5,9-10,13,18H,6-8H2,1-3H3. The van der Waals surface area contributed by atoms with Crippen molar-refractivity contribution in [2.45, 2.75) is 46.0 Å². The number of non-ortho nitro benzene ring substituents is 1. The van der Waals surface area contributed by atoms with Crippen LogP contribution < -0.4 is 0 Å². The number of aromatic hydroxyl groups is 1. The maximum Gasteiger partial charge on any atom is 0.269 e. The van der Waals surface area contributed by atoms with Crippen molar-refractivity contribution in [2.75, 3.05) is 0 Å². The summed E-state index contributed by atoms with van der Waals surface area (Å²) in [7, 11) is 0. The van der Waals surface area contributed by atoms with E-state index in [1.54, 1.807) is 6.07 Å². The molecule has 3 atom stereocenters. The number of hydrogen-bond acceptors (Lipinski definition) is 3. The van der Waals surface area contributed by atoms with E-state index in [0.717, 1.165) is 18.4 Å². The van der Waals surface area contributed by atoms with Crippen molar-refractivity contribution in [3.8, 4) is 5.75 Å². The summed E-state index contributed by atoms with van der Waals surface area (Å²) in [5.41, 5.74) is 1.18. The van der Waals surface area contributed by atoms with E-state index in [-0.39, 0.29) is 33.1 Å². The zero-order chi connectivity index (χ0) is 14.7. The second-order valence-corrected chi connectivity index (χ2v) is 7.16. The second-order valence-electron chi connectivity index (χ2n) is 7.16. The minimum atomic E-state index is -0.385. The maximum absolute atomic E-state index is 11.0. The monoisotopic (exact) mass is 275 g/mol. The van der Waals surface area contributed by atoms with Gasteiger partial charge in [0, 0.05) is 17.7 Å². The fourth-order valence-corrected chi connectivity index (χ4v) is 4.61. The Labute approximate surface area is 119 Å². The van der Waals surface area contributed by atoms with Gasteiger partial charge in [-0.1, -0.05) is 20.8 Å². The van der Waals surface area contributed by atoms with Gasteiger partial charge in [-0.15, -0.1) is 0 Å². The molecule has 4 heteroatoms. The Morgan fingerprint density at radius 1 is 1.35 bits per heavy atom. The van der Waals surface area contributed by atoms with Crippen LogP contribution in [-0.4, -0.2) is 10.0 Å². The average Bonchev–Trinajstić information content (AvgIpc) is 2.71. The Kier molecular flexibility index (Phi) is 2.66. The zero-order valence-electron chi connectivity index (χ0n) is 12.2. The fraction of sp³-hybridized carbons (Fsp3) is 0.625. The van der Waals surface area contributed by atoms with Crippen LogP contribution >= 0.6 is 0 Å². The summed E-state index contributed by atoms with van der Waals surface area (Å²) in [6.45, 7) is 6.89. The van der Waals surface area contributed by atoms with Gasteiger partial charge in [-0.2, -0.15) is 0 Å². The second kappa shape index (κ2) is 3.96. The molecule has 2 aliphatic rings. The van der Waals surface area contributed by atoms with E-state index in [1.165, 1.54) is 18.6 Å². The van der Waals surface area contributed by atoms with Gasteiger partial charge >= 0.3 is 0 Å². The molecule has 108 valence electrons. The van der Waals surface area contributed by atoms with Crippen LogP contribution in [0, 0.1) is 26.9 Å². The minimum absolute atomic E-state index is 0.0713. The first kappa shape index (κ1) is 13.4. The minimum Gasteiger partial charge on any atom is -0.508 e. The average molecular weight is 275 g/mol. The molecule has 1 aromatic rings. The van der Waals surface area contributed by atoms with Gasteiger partial charge in [0.2, 0.25) is 0 Å². The SMILES string of the molecule is CC1(C)C2CCC1(C)C(c1cc([N+](=O)[O-])ccc1O)C2. The van der Waals surface area contributed by atoms with Crippen LogP contribution in [0.4, 0.5) is 5.69 Å². The van der Waals surface area contributed by atoms with E-state index >= 15 is 0 Å². The van der Waals surface area contributed by atoms with Crippen molar-refractivity contribution in [1.82, 2.24) is 0 Å². The van der Waals surface area contributed by atoms with Gasteiger partial charge in [0.05, 0.1) is 4.92 Å². The first-order valence-corrected chi connectivity index (χ1v) is 7.24. The molecule has 1 aromatic carbocycles. The molecule has 2 bridgehead atoms. The highest BCUT2D eigenvalue weighted by Crippen LogP contribution is 2.71. The molecule has 3 unspecified atom stereocenters. The van der Waals surface area contributed by atoms with Crippen molar-refractivity contribution in [3.05, 3.63) is 33.9 Å². The Balaban J connectivity index is 2.07. The summed E-state index contributed by atoms with van der Waals surface area (Å²) in [5, 5.41) is 21.1. The van der Waals surface area contributed by atoms with E-state index < -0.39 is 0 Å². The molecule has 0 radical (unpaired) electrons. The third-order valence-corrected chi connectivity index (χ3v) is 6.39. The number of nitro groups is 1. The third kappa shape index (κ3) is 1.54. The molecule has 4 nitrogen and oxygen atoms in total. The van der Waals surface area contributed by atoms with Gasteiger partial charge in [0.25, 0.3) is 5.69 Å². The highest BCUT2D eigenvalue weighted by atomic mass is 16.6. The quantitative estimate of drug-likeness (QED) is 0.649. The van der Waals surface area contributed by atoms with Gasteiger partial charge in [-0.25, -0.2) is 0 Å². The van der Waals surface area contributed by atoms with Crippen LogP contribution in [0.5, 0.6) is 5.75 Å². The highest BCUT2D eigenvalue weighted by Gasteiger charge is 2.61. The number of phenolic OH excluding ortho intramolecular Hbond substituents is 1. The summed E-state index contributed by atoms with van der Waals surface area (Å²) in [4.78, 5) is 10.6. The molecule has 0 saturated heterocycles. The van der Waals surface area contributed by atoms with Crippen LogP contribution in [0.3, 0.4) is 0 Å². The lowest BCUT2D eigenvalue weighted by Gasteiger charge is -2.39. The maximum atomic E-state index is 11.0. The molecular weight excluding hydrogens is 254 g/mol. The van der Waals surface area contributed by atoms with Crippen molar-refractivity contribution in [2.24, 2.45) is 16.7 Å². The number of nitro benzene ring substituents is 1. The third-order valence-electron chi connectivity index (χ3n) is 6.39. The van der Waals surface area contributed by atoms with Gasteiger partial charge < -0.3 is 5.11 Å².